The number of nitrogens with zero attached hydrogens (tertiary/aromatic N) is 2. The first-order valence-electron chi connectivity index (χ1n) is 4.75. The van der Waals surface area contributed by atoms with E-state index >= 15 is 0 Å². The summed E-state index contributed by atoms with van der Waals surface area (Å²) in [6.45, 7) is 0. The fourth-order valence-corrected chi connectivity index (χ4v) is 1.68. The largest absolute Gasteiger partial charge is 0.495 e. The lowest BCUT2D eigenvalue weighted by Crippen LogP contribution is -2.03. The predicted molar refractivity (Wildman–Crippen MR) is 54.2 cm³/mol. The summed E-state index contributed by atoms with van der Waals surface area (Å²) in [4.78, 5) is 0. The second kappa shape index (κ2) is 3.29. The molecule has 0 N–H and O–H groups in total. The van der Waals surface area contributed by atoms with Crippen molar-refractivity contribution in [2.75, 3.05) is 7.11 Å². The van der Waals surface area contributed by atoms with Crippen LogP contribution in [-0.2, 0) is 5.41 Å². The van der Waals surface area contributed by atoms with Crippen LogP contribution in [0, 0.1) is 22.7 Å². The van der Waals surface area contributed by atoms with Crippen molar-refractivity contribution in [1.82, 2.24) is 0 Å². The van der Waals surface area contributed by atoms with E-state index in [0.29, 0.717) is 11.3 Å². The van der Waals surface area contributed by atoms with Gasteiger partial charge in [0.1, 0.15) is 11.8 Å². The van der Waals surface area contributed by atoms with E-state index in [1.807, 2.05) is 6.07 Å². The van der Waals surface area contributed by atoms with Crippen LogP contribution in [0.4, 0.5) is 0 Å². The Bertz CT molecular complexity index is 475. The molecule has 0 amide bonds. The molecule has 0 aliphatic heterocycles. The van der Waals surface area contributed by atoms with Crippen molar-refractivity contribution in [2.24, 2.45) is 0 Å². The van der Waals surface area contributed by atoms with Gasteiger partial charge in [0.15, 0.2) is 0 Å². The average molecular weight is 198 g/mol. The number of hydrogen-bond acceptors (Lipinski definition) is 3. The van der Waals surface area contributed by atoms with Crippen molar-refractivity contribution in [3.63, 3.8) is 0 Å². The number of methoxy groups -OCH3 is 1. The number of benzene rings is 1. The van der Waals surface area contributed by atoms with Gasteiger partial charge in [0, 0.05) is 0 Å². The maximum Gasteiger partial charge on any atom is 0.136 e. The van der Waals surface area contributed by atoms with Gasteiger partial charge < -0.3 is 4.74 Å². The van der Waals surface area contributed by atoms with Gasteiger partial charge in [-0.15, -0.1) is 0 Å². The summed E-state index contributed by atoms with van der Waals surface area (Å²) in [5, 5.41) is 18.0. The third kappa shape index (κ3) is 1.43. The van der Waals surface area contributed by atoms with Gasteiger partial charge in [-0.2, -0.15) is 10.5 Å². The SMILES string of the molecule is COc1ccc(C2(C#N)CC2)cc1C#N. The molecule has 1 saturated carbocycles. The number of ether oxygens (including phenoxy) is 1. The minimum atomic E-state index is -0.335. The molecule has 3 heteroatoms. The zero-order valence-electron chi connectivity index (χ0n) is 8.45. The summed E-state index contributed by atoms with van der Waals surface area (Å²) < 4.78 is 5.05. The quantitative estimate of drug-likeness (QED) is 0.731. The van der Waals surface area contributed by atoms with E-state index in [1.165, 1.54) is 7.11 Å². The molecule has 74 valence electrons. The average Bonchev–Trinajstić information content (AvgIpc) is 3.09. The summed E-state index contributed by atoms with van der Waals surface area (Å²) in [7, 11) is 1.53. The van der Waals surface area contributed by atoms with Crippen LogP contribution in [0.3, 0.4) is 0 Å². The smallest absolute Gasteiger partial charge is 0.136 e. The molecule has 0 heterocycles. The highest BCUT2D eigenvalue weighted by Gasteiger charge is 2.45. The summed E-state index contributed by atoms with van der Waals surface area (Å²) >= 11 is 0. The van der Waals surface area contributed by atoms with E-state index < -0.39 is 0 Å². The Morgan fingerprint density at radius 2 is 2.07 bits per heavy atom. The fourth-order valence-electron chi connectivity index (χ4n) is 1.68. The Labute approximate surface area is 88.5 Å². The maximum atomic E-state index is 9.04. The fraction of sp³-hybridized carbons (Fsp3) is 0.333. The highest BCUT2D eigenvalue weighted by Crippen LogP contribution is 2.48. The van der Waals surface area contributed by atoms with Crippen LogP contribution >= 0.6 is 0 Å². The molecule has 0 radical (unpaired) electrons. The standard InChI is InChI=1S/C12H10N2O/c1-15-11-3-2-10(6-9(11)7-13)12(8-14)4-5-12/h2-3,6H,4-5H2,1H3. The van der Waals surface area contributed by atoms with E-state index in [1.54, 1.807) is 12.1 Å². The van der Waals surface area contributed by atoms with Crippen LogP contribution in [0.15, 0.2) is 18.2 Å². The molecule has 0 unspecified atom stereocenters. The Morgan fingerprint density at radius 3 is 2.53 bits per heavy atom. The molecule has 1 aliphatic rings. The van der Waals surface area contributed by atoms with Gasteiger partial charge in [-0.3, -0.25) is 0 Å². The normalized spacial score (nSPS) is 16.2. The summed E-state index contributed by atoms with van der Waals surface area (Å²) in [6.07, 6.45) is 1.78. The monoisotopic (exact) mass is 198 g/mol. The minimum Gasteiger partial charge on any atom is -0.495 e. The molecular formula is C12H10N2O. The molecule has 1 fully saturated rings. The molecule has 2 rings (SSSR count). The van der Waals surface area contributed by atoms with Crippen molar-refractivity contribution < 1.29 is 4.74 Å². The van der Waals surface area contributed by atoms with Crippen LogP contribution in [0.25, 0.3) is 0 Å². The molecule has 15 heavy (non-hydrogen) atoms. The highest BCUT2D eigenvalue weighted by molar-refractivity contribution is 5.50. The van der Waals surface area contributed by atoms with E-state index in [2.05, 4.69) is 12.1 Å². The van der Waals surface area contributed by atoms with E-state index in [-0.39, 0.29) is 5.41 Å². The number of rotatable bonds is 2. The second-order valence-corrected chi connectivity index (χ2v) is 3.72. The maximum absolute atomic E-state index is 9.04. The molecule has 0 saturated heterocycles. The van der Waals surface area contributed by atoms with Gasteiger partial charge in [0.05, 0.1) is 24.2 Å². The second-order valence-electron chi connectivity index (χ2n) is 3.72. The third-order valence-electron chi connectivity index (χ3n) is 2.84. The van der Waals surface area contributed by atoms with Gasteiger partial charge in [0.25, 0.3) is 0 Å². The van der Waals surface area contributed by atoms with Gasteiger partial charge >= 0.3 is 0 Å². The van der Waals surface area contributed by atoms with Crippen molar-refractivity contribution in [2.45, 2.75) is 18.3 Å². The number of hydrogen-bond donors (Lipinski definition) is 0. The molecule has 0 aromatic heterocycles. The first-order valence-corrected chi connectivity index (χ1v) is 4.75. The van der Waals surface area contributed by atoms with E-state index in [4.69, 9.17) is 15.3 Å². The van der Waals surface area contributed by atoms with Crippen molar-refractivity contribution >= 4 is 0 Å². The lowest BCUT2D eigenvalue weighted by Gasteiger charge is -2.08. The van der Waals surface area contributed by atoms with E-state index in [9.17, 15) is 0 Å². The first-order chi connectivity index (χ1) is 7.25. The zero-order chi connectivity index (χ0) is 10.9. The zero-order valence-corrected chi connectivity index (χ0v) is 8.45. The van der Waals surface area contributed by atoms with E-state index in [0.717, 1.165) is 18.4 Å². The highest BCUT2D eigenvalue weighted by atomic mass is 16.5. The van der Waals surface area contributed by atoms with Crippen molar-refractivity contribution in [3.05, 3.63) is 29.3 Å². The molecule has 1 aromatic rings. The summed E-state index contributed by atoms with van der Waals surface area (Å²) in [5.41, 5.74) is 1.09. The molecule has 1 aromatic carbocycles. The Kier molecular flexibility index (Phi) is 2.10. The van der Waals surface area contributed by atoms with Crippen LogP contribution in [0.5, 0.6) is 5.75 Å². The lowest BCUT2D eigenvalue weighted by molar-refractivity contribution is 0.413. The molecule has 0 bridgehead atoms. The molecule has 1 aliphatic carbocycles. The summed E-state index contributed by atoms with van der Waals surface area (Å²) in [5.74, 6) is 0.565. The minimum absolute atomic E-state index is 0.335. The van der Waals surface area contributed by atoms with Crippen LogP contribution in [0.1, 0.15) is 24.0 Å². The van der Waals surface area contributed by atoms with Crippen LogP contribution in [-0.4, -0.2) is 7.11 Å². The molecular weight excluding hydrogens is 188 g/mol. The molecule has 0 spiro atoms. The summed E-state index contributed by atoms with van der Waals surface area (Å²) in [6, 6.07) is 9.77. The van der Waals surface area contributed by atoms with Gasteiger partial charge in [0.2, 0.25) is 0 Å². The Balaban J connectivity index is 2.46. The van der Waals surface area contributed by atoms with Gasteiger partial charge in [-0.1, -0.05) is 6.07 Å². The van der Waals surface area contributed by atoms with Gasteiger partial charge in [-0.05, 0) is 30.5 Å². The predicted octanol–water partition coefficient (Wildman–Crippen LogP) is 2.12. The number of nitriles is 2. The lowest BCUT2D eigenvalue weighted by atomic mass is 9.96. The molecule has 3 nitrogen and oxygen atoms in total. The topological polar surface area (TPSA) is 56.8 Å². The Morgan fingerprint density at radius 1 is 1.33 bits per heavy atom. The Hall–Kier alpha value is -2.00. The van der Waals surface area contributed by atoms with Crippen molar-refractivity contribution in [1.29, 1.82) is 10.5 Å². The first kappa shape index (κ1) is 9.55. The third-order valence-corrected chi connectivity index (χ3v) is 2.84. The van der Waals surface area contributed by atoms with Crippen molar-refractivity contribution in [3.8, 4) is 17.9 Å². The van der Waals surface area contributed by atoms with Gasteiger partial charge in [-0.25, -0.2) is 0 Å². The molecule has 0 atom stereocenters. The van der Waals surface area contributed by atoms with Crippen LogP contribution in [0.2, 0.25) is 0 Å². The van der Waals surface area contributed by atoms with Crippen LogP contribution < -0.4 is 4.74 Å².